The predicted octanol–water partition coefficient (Wildman–Crippen LogP) is 3.74. The van der Waals surface area contributed by atoms with E-state index < -0.39 is 12.0 Å². The van der Waals surface area contributed by atoms with Gasteiger partial charge in [0.15, 0.2) is 0 Å². The molecule has 0 bridgehead atoms. The first-order chi connectivity index (χ1) is 13.4. The summed E-state index contributed by atoms with van der Waals surface area (Å²) in [6, 6.07) is 6.30. The van der Waals surface area contributed by atoms with E-state index in [2.05, 4.69) is 10.6 Å². The number of amides is 3. The first-order valence-electron chi connectivity index (χ1n) is 9.78. The third-order valence-electron chi connectivity index (χ3n) is 4.54. The molecule has 1 aromatic carbocycles. The molecule has 0 saturated heterocycles. The first-order valence-corrected chi connectivity index (χ1v) is 9.78. The van der Waals surface area contributed by atoms with E-state index in [1.54, 1.807) is 43.0 Å². The largest absolute Gasteiger partial charge is 0.463 e. The van der Waals surface area contributed by atoms with Gasteiger partial charge in [-0.05, 0) is 44.4 Å². The number of hydrogen-bond acceptors (Lipinski definition) is 4. The lowest BCUT2D eigenvalue weighted by Crippen LogP contribution is -2.48. The molecular formula is C21H29N3O4. The second-order valence-electron chi connectivity index (χ2n) is 6.67. The number of rotatable bonds is 8. The van der Waals surface area contributed by atoms with Crippen LogP contribution in [-0.2, 0) is 14.3 Å². The third-order valence-corrected chi connectivity index (χ3v) is 4.54. The third kappa shape index (κ3) is 4.91. The summed E-state index contributed by atoms with van der Waals surface area (Å²) in [5.74, 6) is -0.481. The molecule has 0 fully saturated rings. The van der Waals surface area contributed by atoms with Crippen molar-refractivity contribution in [3.05, 3.63) is 41.1 Å². The van der Waals surface area contributed by atoms with Gasteiger partial charge in [-0.15, -0.1) is 0 Å². The van der Waals surface area contributed by atoms with Crippen molar-refractivity contribution < 1.29 is 19.1 Å². The highest BCUT2D eigenvalue weighted by molar-refractivity contribution is 5.95. The van der Waals surface area contributed by atoms with Gasteiger partial charge in [-0.25, -0.2) is 9.59 Å². The number of hydrogen-bond donors (Lipinski definition) is 2. The van der Waals surface area contributed by atoms with Crippen LogP contribution in [-0.4, -0.2) is 36.0 Å². The normalized spacial score (nSPS) is 16.6. The summed E-state index contributed by atoms with van der Waals surface area (Å²) in [4.78, 5) is 38.5. The van der Waals surface area contributed by atoms with Crippen molar-refractivity contribution in [2.24, 2.45) is 0 Å². The van der Waals surface area contributed by atoms with E-state index >= 15 is 0 Å². The molecule has 0 radical (unpaired) electrons. The fourth-order valence-electron chi connectivity index (χ4n) is 3.21. The van der Waals surface area contributed by atoms with E-state index in [-0.39, 0.29) is 18.5 Å². The minimum atomic E-state index is -0.597. The van der Waals surface area contributed by atoms with Crippen LogP contribution in [0.3, 0.4) is 0 Å². The molecule has 152 valence electrons. The minimum absolute atomic E-state index is 0.0422. The van der Waals surface area contributed by atoms with E-state index in [0.717, 1.165) is 18.4 Å². The highest BCUT2D eigenvalue weighted by Gasteiger charge is 2.36. The highest BCUT2D eigenvalue weighted by atomic mass is 16.5. The number of allylic oxidation sites excluding steroid dienone is 1. The number of nitrogens with one attached hydrogen (secondary N) is 2. The molecule has 0 aromatic heterocycles. The summed E-state index contributed by atoms with van der Waals surface area (Å²) in [7, 11) is 0. The molecule has 0 aliphatic carbocycles. The Hall–Kier alpha value is -2.83. The Kier molecular flexibility index (Phi) is 7.61. The van der Waals surface area contributed by atoms with Gasteiger partial charge in [0.2, 0.25) is 5.91 Å². The summed E-state index contributed by atoms with van der Waals surface area (Å²) in [5.41, 5.74) is 2.46. The Morgan fingerprint density at radius 2 is 1.82 bits per heavy atom. The summed E-state index contributed by atoms with van der Waals surface area (Å²) in [6.07, 6.45) is 2.01. The molecule has 1 unspecified atom stereocenters. The zero-order valence-corrected chi connectivity index (χ0v) is 17.0. The first kappa shape index (κ1) is 21.5. The lowest BCUT2D eigenvalue weighted by Gasteiger charge is -2.35. The van der Waals surface area contributed by atoms with E-state index in [1.165, 1.54) is 0 Å². The zero-order valence-electron chi connectivity index (χ0n) is 17.0. The molecule has 0 spiro atoms. The second kappa shape index (κ2) is 9.92. The van der Waals surface area contributed by atoms with Crippen LogP contribution < -0.4 is 10.6 Å². The van der Waals surface area contributed by atoms with Gasteiger partial charge in [0.25, 0.3) is 0 Å². The van der Waals surface area contributed by atoms with E-state index in [1.807, 2.05) is 13.8 Å². The maximum absolute atomic E-state index is 12.6. The lowest BCUT2D eigenvalue weighted by atomic mass is 9.94. The van der Waals surface area contributed by atoms with E-state index in [9.17, 15) is 14.4 Å². The molecule has 1 aliphatic heterocycles. The van der Waals surface area contributed by atoms with Crippen LogP contribution in [0, 0.1) is 0 Å². The number of urea groups is 1. The molecule has 1 heterocycles. The fraction of sp³-hybridized carbons (Fsp3) is 0.476. The Bertz CT molecular complexity index is 755. The number of nitrogens with zero attached hydrogens (tertiary/aromatic N) is 1. The van der Waals surface area contributed by atoms with Crippen LogP contribution in [0.4, 0.5) is 10.5 Å². The summed E-state index contributed by atoms with van der Waals surface area (Å²) in [5, 5.41) is 5.74. The predicted molar refractivity (Wildman–Crippen MR) is 108 cm³/mol. The second-order valence-corrected chi connectivity index (χ2v) is 6.67. The molecule has 2 N–H and O–H groups in total. The molecule has 28 heavy (non-hydrogen) atoms. The molecule has 2 rings (SSSR count). The molecule has 1 aliphatic rings. The molecule has 7 nitrogen and oxygen atoms in total. The van der Waals surface area contributed by atoms with Gasteiger partial charge in [-0.2, -0.15) is 0 Å². The Morgan fingerprint density at radius 1 is 1.14 bits per heavy atom. The average Bonchev–Trinajstić information content (AvgIpc) is 2.65. The van der Waals surface area contributed by atoms with Gasteiger partial charge in [0.1, 0.15) is 0 Å². The van der Waals surface area contributed by atoms with E-state index in [0.29, 0.717) is 29.9 Å². The Balaban J connectivity index is 2.34. The average molecular weight is 387 g/mol. The van der Waals surface area contributed by atoms with Crippen LogP contribution in [0.2, 0.25) is 0 Å². The molecule has 7 heteroatoms. The number of carbonyl (C=O) groups excluding carboxylic acids is 3. The van der Waals surface area contributed by atoms with E-state index in [4.69, 9.17) is 4.74 Å². The molecule has 0 saturated carbocycles. The van der Waals surface area contributed by atoms with Crippen molar-refractivity contribution in [3.8, 4) is 0 Å². The molecule has 3 amide bonds. The van der Waals surface area contributed by atoms with Crippen molar-refractivity contribution in [1.82, 2.24) is 10.2 Å². The molecular weight excluding hydrogens is 358 g/mol. The number of benzene rings is 1. The fourth-order valence-corrected chi connectivity index (χ4v) is 3.21. The summed E-state index contributed by atoms with van der Waals surface area (Å²) >= 11 is 0. The smallest absolute Gasteiger partial charge is 0.338 e. The quantitative estimate of drug-likeness (QED) is 0.665. The van der Waals surface area contributed by atoms with Gasteiger partial charge in [-0.3, -0.25) is 9.69 Å². The van der Waals surface area contributed by atoms with Gasteiger partial charge in [0, 0.05) is 24.4 Å². The number of carbonyl (C=O) groups is 3. The van der Waals surface area contributed by atoms with Crippen LogP contribution in [0.1, 0.15) is 58.6 Å². The van der Waals surface area contributed by atoms with Gasteiger partial charge < -0.3 is 15.4 Å². The number of ether oxygens (including phenoxy) is 1. The minimum Gasteiger partial charge on any atom is -0.463 e. The van der Waals surface area contributed by atoms with Crippen molar-refractivity contribution in [3.63, 3.8) is 0 Å². The van der Waals surface area contributed by atoms with Gasteiger partial charge in [0.05, 0.1) is 18.2 Å². The topological polar surface area (TPSA) is 87.7 Å². The monoisotopic (exact) mass is 387 g/mol. The van der Waals surface area contributed by atoms with Crippen molar-refractivity contribution in [2.45, 2.75) is 53.0 Å². The standard InChI is InChI=1S/C21H29N3O4/c1-5-8-17(25)22-16-11-9-15(10-12-16)19-18(20(26)28-7-3)14(4)24(13-6-2)21(27)23-19/h9-12,19H,5-8,13H2,1-4H3,(H,22,25)(H,23,27). The van der Waals surface area contributed by atoms with Crippen LogP contribution in [0.5, 0.6) is 0 Å². The SMILES string of the molecule is CCCC(=O)Nc1ccc(C2NC(=O)N(CCC)C(C)=C2C(=O)OCC)cc1. The molecule has 1 aromatic rings. The van der Waals surface area contributed by atoms with Gasteiger partial charge >= 0.3 is 12.0 Å². The van der Waals surface area contributed by atoms with Crippen LogP contribution in [0.25, 0.3) is 0 Å². The lowest BCUT2D eigenvalue weighted by molar-refractivity contribution is -0.139. The molecule has 1 atom stereocenters. The van der Waals surface area contributed by atoms with Crippen molar-refractivity contribution in [1.29, 1.82) is 0 Å². The van der Waals surface area contributed by atoms with Crippen LogP contribution >= 0.6 is 0 Å². The van der Waals surface area contributed by atoms with Crippen molar-refractivity contribution >= 4 is 23.6 Å². The zero-order chi connectivity index (χ0) is 20.7. The van der Waals surface area contributed by atoms with Crippen molar-refractivity contribution in [2.75, 3.05) is 18.5 Å². The highest BCUT2D eigenvalue weighted by Crippen LogP contribution is 2.32. The maximum atomic E-state index is 12.6. The maximum Gasteiger partial charge on any atom is 0.338 e. The Morgan fingerprint density at radius 3 is 2.39 bits per heavy atom. The number of esters is 1. The van der Waals surface area contributed by atoms with Crippen LogP contribution in [0.15, 0.2) is 35.5 Å². The Labute approximate surface area is 166 Å². The van der Waals surface area contributed by atoms with Gasteiger partial charge in [-0.1, -0.05) is 26.0 Å². The summed E-state index contributed by atoms with van der Waals surface area (Å²) < 4.78 is 5.24. The summed E-state index contributed by atoms with van der Waals surface area (Å²) in [6.45, 7) is 8.22. The number of anilines is 1.